The molecule has 4 fully saturated rings. The van der Waals surface area contributed by atoms with E-state index in [1.54, 1.807) is 0 Å². The number of hydroxylamine groups is 1. The summed E-state index contributed by atoms with van der Waals surface area (Å²) in [6.07, 6.45) is 10.8. The van der Waals surface area contributed by atoms with Gasteiger partial charge in [0, 0.05) is 24.4 Å². The van der Waals surface area contributed by atoms with Crippen molar-refractivity contribution in [1.82, 2.24) is 25.9 Å². The first-order valence-corrected chi connectivity index (χ1v) is 11.5. The Bertz CT molecular complexity index is 465. The average molecular weight is 400 g/mol. The maximum Gasteiger partial charge on any atom is 0.146 e. The van der Waals surface area contributed by atoms with Crippen molar-refractivity contribution in [2.45, 2.75) is 81.3 Å². The maximum atomic E-state index is 6.29. The normalized spacial score (nSPS) is 44.2. The van der Waals surface area contributed by atoms with E-state index >= 15 is 0 Å². The van der Waals surface area contributed by atoms with Crippen molar-refractivity contribution >= 4 is 11.6 Å². The zero-order valence-corrected chi connectivity index (χ0v) is 17.8. The lowest BCUT2D eigenvalue weighted by Crippen LogP contribution is -2.54. The lowest BCUT2D eigenvalue weighted by atomic mass is 9.88. The number of rotatable bonds is 5. The molecule has 0 radical (unpaired) electrons. The second kappa shape index (κ2) is 9.24. The molecule has 0 spiro atoms. The number of nitrogens with zero attached hydrogens (tertiary/aromatic N) is 2. The lowest BCUT2D eigenvalue weighted by molar-refractivity contribution is -0.0272. The summed E-state index contributed by atoms with van der Waals surface area (Å²) in [6.45, 7) is 3.47. The summed E-state index contributed by atoms with van der Waals surface area (Å²) >= 11 is 6.29. The molecule has 156 valence electrons. The van der Waals surface area contributed by atoms with Crippen molar-refractivity contribution < 1.29 is 4.84 Å². The summed E-state index contributed by atoms with van der Waals surface area (Å²) in [7, 11) is 4.30. The van der Waals surface area contributed by atoms with Gasteiger partial charge >= 0.3 is 0 Å². The minimum Gasteiger partial charge on any atom is -0.301 e. The highest BCUT2D eigenvalue weighted by Gasteiger charge is 2.41. The van der Waals surface area contributed by atoms with Gasteiger partial charge in [0.15, 0.2) is 0 Å². The van der Waals surface area contributed by atoms with Crippen LogP contribution in [0.5, 0.6) is 0 Å². The summed E-state index contributed by atoms with van der Waals surface area (Å²) in [5, 5.41) is 7.85. The standard InChI is InChI=1S/C20H38ClN5O/c1-25(2)18-10-7-15(12-22-18)19-23-20(27-24-19)17-4-3-11-26(17)13-14-5-8-16(21)9-6-14/h14-20,22-24H,3-13H2,1-2H3/t14?,15?,16?,17-,18?,19?,20?/m1/s1. The molecule has 1 saturated carbocycles. The SMILES string of the molecule is CN(C)C1CCC(C2NOC([C@H]3CCCN3CC3CCC(Cl)CC3)N2)CN1. The van der Waals surface area contributed by atoms with Gasteiger partial charge in [0.1, 0.15) is 6.23 Å². The Balaban J connectivity index is 1.25. The van der Waals surface area contributed by atoms with Gasteiger partial charge < -0.3 is 5.32 Å². The van der Waals surface area contributed by atoms with Gasteiger partial charge in [-0.1, -0.05) is 0 Å². The predicted octanol–water partition coefficient (Wildman–Crippen LogP) is 1.91. The molecular formula is C20H38ClN5O. The summed E-state index contributed by atoms with van der Waals surface area (Å²) in [6, 6.07) is 0.502. The van der Waals surface area contributed by atoms with Gasteiger partial charge in [-0.15, -0.1) is 11.6 Å². The van der Waals surface area contributed by atoms with E-state index in [4.69, 9.17) is 16.4 Å². The van der Waals surface area contributed by atoms with E-state index in [0.717, 1.165) is 12.5 Å². The van der Waals surface area contributed by atoms with Crippen LogP contribution in [0.3, 0.4) is 0 Å². The smallest absolute Gasteiger partial charge is 0.146 e. The Morgan fingerprint density at radius 2 is 1.89 bits per heavy atom. The summed E-state index contributed by atoms with van der Waals surface area (Å²) in [5.41, 5.74) is 3.32. The van der Waals surface area contributed by atoms with Gasteiger partial charge in [-0.05, 0) is 77.9 Å². The zero-order valence-electron chi connectivity index (χ0n) is 17.0. The van der Waals surface area contributed by atoms with Crippen LogP contribution >= 0.6 is 11.6 Å². The van der Waals surface area contributed by atoms with E-state index in [-0.39, 0.29) is 12.4 Å². The van der Waals surface area contributed by atoms with Crippen LogP contribution in [0, 0.1) is 11.8 Å². The van der Waals surface area contributed by atoms with Gasteiger partial charge in [0.2, 0.25) is 0 Å². The highest BCUT2D eigenvalue weighted by atomic mass is 35.5. The van der Waals surface area contributed by atoms with Crippen LogP contribution in [-0.4, -0.2) is 73.5 Å². The fraction of sp³-hybridized carbons (Fsp3) is 1.00. The fourth-order valence-electron chi connectivity index (χ4n) is 5.46. The Hall–Kier alpha value is 0.0500. The topological polar surface area (TPSA) is 51.8 Å². The van der Waals surface area contributed by atoms with Crippen molar-refractivity contribution in [2.75, 3.05) is 33.7 Å². The van der Waals surface area contributed by atoms with Gasteiger partial charge in [0.05, 0.1) is 18.4 Å². The molecule has 3 aliphatic heterocycles. The number of alkyl halides is 1. The minimum atomic E-state index is 0.119. The van der Waals surface area contributed by atoms with Gasteiger partial charge in [-0.25, -0.2) is 0 Å². The van der Waals surface area contributed by atoms with E-state index < -0.39 is 0 Å². The van der Waals surface area contributed by atoms with Crippen LogP contribution in [0.2, 0.25) is 0 Å². The largest absolute Gasteiger partial charge is 0.301 e. The van der Waals surface area contributed by atoms with E-state index in [2.05, 4.69) is 40.0 Å². The third kappa shape index (κ3) is 4.97. The number of nitrogens with one attached hydrogen (secondary N) is 3. The monoisotopic (exact) mass is 399 g/mol. The number of hydrogen-bond acceptors (Lipinski definition) is 6. The second-order valence-corrected chi connectivity index (χ2v) is 9.97. The van der Waals surface area contributed by atoms with Crippen molar-refractivity contribution in [3.63, 3.8) is 0 Å². The van der Waals surface area contributed by atoms with Crippen LogP contribution in [0.25, 0.3) is 0 Å². The molecule has 3 N–H and O–H groups in total. The minimum absolute atomic E-state index is 0.119. The number of halogens is 1. The average Bonchev–Trinajstić information content (AvgIpc) is 3.33. The van der Waals surface area contributed by atoms with Crippen molar-refractivity contribution in [2.24, 2.45) is 11.8 Å². The molecule has 7 heteroatoms. The first-order chi connectivity index (χ1) is 13.1. The number of likely N-dealkylation sites (tertiary alicyclic amines) is 1. The Labute approximate surface area is 169 Å². The summed E-state index contributed by atoms with van der Waals surface area (Å²) in [5.74, 6) is 1.40. The van der Waals surface area contributed by atoms with Crippen molar-refractivity contribution in [1.29, 1.82) is 0 Å². The maximum absolute atomic E-state index is 6.29. The molecule has 4 rings (SSSR count). The quantitative estimate of drug-likeness (QED) is 0.614. The molecule has 0 aromatic carbocycles. The Kier molecular flexibility index (Phi) is 6.96. The predicted molar refractivity (Wildman–Crippen MR) is 109 cm³/mol. The van der Waals surface area contributed by atoms with E-state index in [1.807, 2.05) is 0 Å². The van der Waals surface area contributed by atoms with Crippen molar-refractivity contribution in [3.8, 4) is 0 Å². The van der Waals surface area contributed by atoms with E-state index in [9.17, 15) is 0 Å². The summed E-state index contributed by atoms with van der Waals surface area (Å²) in [4.78, 5) is 11.0. The van der Waals surface area contributed by atoms with Gasteiger partial charge in [0.25, 0.3) is 0 Å². The van der Waals surface area contributed by atoms with E-state index in [1.165, 1.54) is 64.5 Å². The molecule has 3 heterocycles. The summed E-state index contributed by atoms with van der Waals surface area (Å²) < 4.78 is 0. The molecule has 5 atom stereocenters. The molecule has 3 saturated heterocycles. The molecule has 4 unspecified atom stereocenters. The lowest BCUT2D eigenvalue weighted by Gasteiger charge is -2.36. The second-order valence-electron chi connectivity index (χ2n) is 9.35. The molecule has 27 heavy (non-hydrogen) atoms. The fourth-order valence-corrected chi connectivity index (χ4v) is 5.71. The van der Waals surface area contributed by atoms with Crippen molar-refractivity contribution in [3.05, 3.63) is 0 Å². The molecule has 0 bridgehead atoms. The Morgan fingerprint density at radius 1 is 1.07 bits per heavy atom. The van der Waals surface area contributed by atoms with Gasteiger partial charge in [-0.3, -0.25) is 20.0 Å². The Morgan fingerprint density at radius 3 is 2.59 bits per heavy atom. The third-order valence-corrected chi connectivity index (χ3v) is 7.66. The van der Waals surface area contributed by atoms with Crippen LogP contribution < -0.4 is 16.1 Å². The number of piperidine rings is 1. The molecular weight excluding hydrogens is 362 g/mol. The first-order valence-electron chi connectivity index (χ1n) is 11.1. The van der Waals surface area contributed by atoms with Crippen LogP contribution in [-0.2, 0) is 4.84 Å². The highest BCUT2D eigenvalue weighted by molar-refractivity contribution is 6.20. The van der Waals surface area contributed by atoms with Crippen LogP contribution in [0.1, 0.15) is 51.4 Å². The van der Waals surface area contributed by atoms with Crippen LogP contribution in [0.4, 0.5) is 0 Å². The third-order valence-electron chi connectivity index (χ3n) is 7.22. The number of hydrogen-bond donors (Lipinski definition) is 3. The molecule has 6 nitrogen and oxygen atoms in total. The molecule has 0 amide bonds. The van der Waals surface area contributed by atoms with E-state index in [0.29, 0.717) is 23.5 Å². The molecule has 4 aliphatic rings. The zero-order chi connectivity index (χ0) is 18.8. The molecule has 1 aliphatic carbocycles. The first kappa shape index (κ1) is 20.3. The van der Waals surface area contributed by atoms with Crippen LogP contribution in [0.15, 0.2) is 0 Å². The highest BCUT2D eigenvalue weighted by Crippen LogP contribution is 2.32. The molecule has 0 aromatic rings. The van der Waals surface area contributed by atoms with Gasteiger partial charge in [-0.2, -0.15) is 5.48 Å². The molecule has 0 aromatic heterocycles.